The Morgan fingerprint density at radius 1 is 1.04 bits per heavy atom. The van der Waals surface area contributed by atoms with Crippen molar-refractivity contribution in [3.05, 3.63) is 66.5 Å². The second-order valence-electron chi connectivity index (χ2n) is 5.53. The molecule has 26 heavy (non-hydrogen) atoms. The van der Waals surface area contributed by atoms with E-state index in [-0.39, 0.29) is 4.90 Å². The number of rotatable bonds is 7. The number of anilines is 1. The van der Waals surface area contributed by atoms with Gasteiger partial charge in [-0.25, -0.2) is 8.42 Å². The second-order valence-corrected chi connectivity index (χ2v) is 7.22. The van der Waals surface area contributed by atoms with E-state index in [2.05, 4.69) is 9.82 Å². The van der Waals surface area contributed by atoms with E-state index in [1.54, 1.807) is 16.9 Å². The molecule has 2 aromatic carbocycles. The molecule has 0 aliphatic rings. The van der Waals surface area contributed by atoms with Crippen molar-refractivity contribution in [1.82, 2.24) is 9.78 Å². The van der Waals surface area contributed by atoms with Crippen LogP contribution in [0.2, 0.25) is 0 Å². The number of nitrogens with zero attached hydrogens (tertiary/aromatic N) is 2. The fraction of sp³-hybridized carbons (Fsp3) is 0.167. The fourth-order valence-corrected chi connectivity index (χ4v) is 3.51. The second kappa shape index (κ2) is 7.49. The van der Waals surface area contributed by atoms with E-state index in [0.717, 1.165) is 5.56 Å². The monoisotopic (exact) mass is 373 g/mol. The highest BCUT2D eigenvalue weighted by atomic mass is 32.2. The Kier molecular flexibility index (Phi) is 5.13. The maximum atomic E-state index is 12.6. The minimum Gasteiger partial charge on any atom is -0.493 e. The standard InChI is InChI=1S/C18H19N3O4S/c1-24-17-9-8-16(10-18(17)25-2)26(22,23)20-15-11-19-21(13-15)12-14-6-4-3-5-7-14/h3-11,13,20H,12H2,1-2H3. The van der Waals surface area contributed by atoms with Gasteiger partial charge in [0.1, 0.15) is 0 Å². The molecule has 7 nitrogen and oxygen atoms in total. The summed E-state index contributed by atoms with van der Waals surface area (Å²) in [5.74, 6) is 0.803. The molecule has 1 heterocycles. The van der Waals surface area contributed by atoms with Crippen molar-refractivity contribution >= 4 is 15.7 Å². The molecule has 3 aromatic rings. The summed E-state index contributed by atoms with van der Waals surface area (Å²) in [7, 11) is -0.824. The van der Waals surface area contributed by atoms with Crippen LogP contribution in [-0.4, -0.2) is 32.4 Å². The lowest BCUT2D eigenvalue weighted by atomic mass is 10.2. The first-order chi connectivity index (χ1) is 12.5. The Hall–Kier alpha value is -3.00. The van der Waals surface area contributed by atoms with Crippen molar-refractivity contribution in [3.63, 3.8) is 0 Å². The number of aromatic nitrogens is 2. The Morgan fingerprint density at radius 3 is 2.46 bits per heavy atom. The third-order valence-electron chi connectivity index (χ3n) is 3.74. The van der Waals surface area contributed by atoms with Crippen LogP contribution in [0.25, 0.3) is 0 Å². The molecule has 0 aliphatic heterocycles. The summed E-state index contributed by atoms with van der Waals surface area (Å²) in [4.78, 5) is 0.0750. The predicted octanol–water partition coefficient (Wildman–Crippen LogP) is 2.75. The highest BCUT2D eigenvalue weighted by Crippen LogP contribution is 2.30. The fourth-order valence-electron chi connectivity index (χ4n) is 2.47. The van der Waals surface area contributed by atoms with Gasteiger partial charge in [-0.3, -0.25) is 9.40 Å². The summed E-state index contributed by atoms with van der Waals surface area (Å²) >= 11 is 0. The lowest BCUT2D eigenvalue weighted by Gasteiger charge is -2.10. The first kappa shape index (κ1) is 17.8. The molecular formula is C18H19N3O4S. The zero-order valence-electron chi connectivity index (χ0n) is 14.4. The van der Waals surface area contributed by atoms with Crippen LogP contribution in [0, 0.1) is 0 Å². The first-order valence-electron chi connectivity index (χ1n) is 7.83. The van der Waals surface area contributed by atoms with Gasteiger partial charge in [0.25, 0.3) is 10.0 Å². The molecule has 0 unspecified atom stereocenters. The average Bonchev–Trinajstić information content (AvgIpc) is 3.08. The van der Waals surface area contributed by atoms with Crippen molar-refractivity contribution < 1.29 is 17.9 Å². The van der Waals surface area contributed by atoms with Crippen molar-refractivity contribution in [3.8, 4) is 11.5 Å². The van der Waals surface area contributed by atoms with E-state index in [1.807, 2.05) is 30.3 Å². The topological polar surface area (TPSA) is 82.5 Å². The van der Waals surface area contributed by atoms with Crippen LogP contribution in [0.3, 0.4) is 0 Å². The third-order valence-corrected chi connectivity index (χ3v) is 5.12. The zero-order chi connectivity index (χ0) is 18.6. The lowest BCUT2D eigenvalue weighted by molar-refractivity contribution is 0.354. The highest BCUT2D eigenvalue weighted by molar-refractivity contribution is 7.92. The van der Waals surface area contributed by atoms with Crippen LogP contribution >= 0.6 is 0 Å². The van der Waals surface area contributed by atoms with Crippen LogP contribution < -0.4 is 14.2 Å². The summed E-state index contributed by atoms with van der Waals surface area (Å²) < 4.78 is 39.7. The van der Waals surface area contributed by atoms with Gasteiger partial charge in [0, 0.05) is 12.3 Å². The highest BCUT2D eigenvalue weighted by Gasteiger charge is 2.18. The maximum absolute atomic E-state index is 12.6. The first-order valence-corrected chi connectivity index (χ1v) is 9.31. The van der Waals surface area contributed by atoms with Gasteiger partial charge in [0.2, 0.25) is 0 Å². The largest absolute Gasteiger partial charge is 0.493 e. The van der Waals surface area contributed by atoms with Crippen LogP contribution in [0.1, 0.15) is 5.56 Å². The molecule has 0 fully saturated rings. The summed E-state index contributed by atoms with van der Waals surface area (Å²) in [6.07, 6.45) is 3.12. The van der Waals surface area contributed by atoms with Crippen molar-refractivity contribution in [2.45, 2.75) is 11.4 Å². The van der Waals surface area contributed by atoms with E-state index < -0.39 is 10.0 Å². The quantitative estimate of drug-likeness (QED) is 0.689. The minimum atomic E-state index is -3.77. The number of hydrogen-bond donors (Lipinski definition) is 1. The number of benzene rings is 2. The third kappa shape index (κ3) is 3.97. The molecule has 0 amide bonds. The van der Waals surface area contributed by atoms with Gasteiger partial charge in [0.15, 0.2) is 11.5 Å². The lowest BCUT2D eigenvalue weighted by Crippen LogP contribution is -2.12. The van der Waals surface area contributed by atoms with Gasteiger partial charge < -0.3 is 9.47 Å². The smallest absolute Gasteiger partial charge is 0.262 e. The Morgan fingerprint density at radius 2 is 1.77 bits per heavy atom. The molecule has 0 spiro atoms. The van der Waals surface area contributed by atoms with E-state index in [1.165, 1.54) is 32.5 Å². The van der Waals surface area contributed by atoms with Crippen LogP contribution in [0.4, 0.5) is 5.69 Å². The van der Waals surface area contributed by atoms with Crippen LogP contribution in [0.5, 0.6) is 11.5 Å². The average molecular weight is 373 g/mol. The molecule has 0 bridgehead atoms. The summed E-state index contributed by atoms with van der Waals surface area (Å²) in [6, 6.07) is 14.2. The van der Waals surface area contributed by atoms with Crippen molar-refractivity contribution in [1.29, 1.82) is 0 Å². The number of sulfonamides is 1. The number of hydrogen-bond acceptors (Lipinski definition) is 5. The van der Waals surface area contributed by atoms with E-state index in [9.17, 15) is 8.42 Å². The molecule has 0 radical (unpaired) electrons. The summed E-state index contributed by atoms with van der Waals surface area (Å²) in [6.45, 7) is 0.554. The van der Waals surface area contributed by atoms with Gasteiger partial charge in [-0.15, -0.1) is 0 Å². The van der Waals surface area contributed by atoms with E-state index >= 15 is 0 Å². The van der Waals surface area contributed by atoms with E-state index in [4.69, 9.17) is 9.47 Å². The summed E-state index contributed by atoms with van der Waals surface area (Å²) in [5.41, 5.74) is 1.46. The zero-order valence-corrected chi connectivity index (χ0v) is 15.2. The van der Waals surface area contributed by atoms with Gasteiger partial charge in [-0.2, -0.15) is 5.10 Å². The Bertz CT molecular complexity index is 985. The molecule has 0 aliphatic carbocycles. The molecule has 0 saturated heterocycles. The van der Waals surface area contributed by atoms with Crippen molar-refractivity contribution in [2.24, 2.45) is 0 Å². The number of nitrogens with one attached hydrogen (secondary N) is 1. The SMILES string of the molecule is COc1ccc(S(=O)(=O)Nc2cnn(Cc3ccccc3)c2)cc1OC. The Labute approximate surface area is 152 Å². The molecule has 1 aromatic heterocycles. The molecular weight excluding hydrogens is 354 g/mol. The molecule has 0 atom stereocenters. The minimum absolute atomic E-state index is 0.0750. The van der Waals surface area contributed by atoms with Crippen LogP contribution in [-0.2, 0) is 16.6 Å². The molecule has 1 N–H and O–H groups in total. The number of ether oxygens (including phenoxy) is 2. The van der Waals surface area contributed by atoms with Crippen LogP contribution in [0.15, 0.2) is 65.8 Å². The summed E-state index contributed by atoms with van der Waals surface area (Å²) in [5, 5.41) is 4.20. The van der Waals surface area contributed by atoms with Gasteiger partial charge in [-0.05, 0) is 17.7 Å². The van der Waals surface area contributed by atoms with Gasteiger partial charge in [-0.1, -0.05) is 30.3 Å². The van der Waals surface area contributed by atoms with E-state index in [0.29, 0.717) is 23.7 Å². The Balaban J connectivity index is 1.78. The maximum Gasteiger partial charge on any atom is 0.262 e. The molecule has 3 rings (SSSR count). The van der Waals surface area contributed by atoms with Gasteiger partial charge >= 0.3 is 0 Å². The number of methoxy groups -OCH3 is 2. The molecule has 136 valence electrons. The predicted molar refractivity (Wildman–Crippen MR) is 98.1 cm³/mol. The normalized spacial score (nSPS) is 11.2. The molecule has 8 heteroatoms. The molecule has 0 saturated carbocycles. The van der Waals surface area contributed by atoms with Gasteiger partial charge in [0.05, 0.1) is 37.5 Å². The van der Waals surface area contributed by atoms with Crippen molar-refractivity contribution in [2.75, 3.05) is 18.9 Å².